The predicted molar refractivity (Wildman–Crippen MR) is 72.2 cm³/mol. The molecule has 1 rings (SSSR count). The third-order valence-electron chi connectivity index (χ3n) is 2.27. The summed E-state index contributed by atoms with van der Waals surface area (Å²) in [6.45, 7) is 6.43. The number of hydrogen-bond acceptors (Lipinski definition) is 3. The van der Waals surface area contributed by atoms with Crippen LogP contribution in [0.1, 0.15) is 32.3 Å². The van der Waals surface area contributed by atoms with Crippen LogP contribution >= 0.6 is 15.9 Å². The van der Waals surface area contributed by atoms with E-state index >= 15 is 0 Å². The van der Waals surface area contributed by atoms with Gasteiger partial charge in [-0.05, 0) is 35.2 Å². The number of nitrogens with zero attached hydrogens (tertiary/aromatic N) is 2. The van der Waals surface area contributed by atoms with Gasteiger partial charge in [0.25, 0.3) is 0 Å². The van der Waals surface area contributed by atoms with Gasteiger partial charge in [0.05, 0.1) is 10.2 Å². The summed E-state index contributed by atoms with van der Waals surface area (Å²) >= 11 is 3.36. The molecule has 0 atom stereocenters. The fourth-order valence-corrected chi connectivity index (χ4v) is 2.09. The van der Waals surface area contributed by atoms with Crippen molar-refractivity contribution in [3.8, 4) is 0 Å². The van der Waals surface area contributed by atoms with E-state index in [2.05, 4.69) is 31.2 Å². The zero-order valence-electron chi connectivity index (χ0n) is 11.1. The highest BCUT2D eigenvalue weighted by Gasteiger charge is 2.30. The number of halogens is 4. The first-order valence-corrected chi connectivity index (χ1v) is 6.88. The van der Waals surface area contributed by atoms with Crippen molar-refractivity contribution in [3.05, 3.63) is 16.0 Å². The van der Waals surface area contributed by atoms with Gasteiger partial charge in [0, 0.05) is 6.54 Å². The van der Waals surface area contributed by atoms with Crippen LogP contribution in [0.3, 0.4) is 0 Å². The molecule has 1 N–H and O–H groups in total. The van der Waals surface area contributed by atoms with Crippen molar-refractivity contribution < 1.29 is 13.2 Å². The lowest BCUT2D eigenvalue weighted by Crippen LogP contribution is -2.17. The van der Waals surface area contributed by atoms with Crippen LogP contribution in [-0.2, 0) is 12.8 Å². The lowest BCUT2D eigenvalue weighted by molar-refractivity contribution is -0.128. The second-order valence-corrected chi connectivity index (χ2v) is 5.46. The minimum atomic E-state index is -4.30. The van der Waals surface area contributed by atoms with E-state index in [-0.39, 0.29) is 5.82 Å². The highest BCUT2D eigenvalue weighted by molar-refractivity contribution is 9.10. The first-order valence-electron chi connectivity index (χ1n) is 6.08. The lowest BCUT2D eigenvalue weighted by atomic mass is 10.1. The topological polar surface area (TPSA) is 37.8 Å². The van der Waals surface area contributed by atoms with Gasteiger partial charge in [-0.2, -0.15) is 13.2 Å². The molecule has 0 spiro atoms. The first kappa shape index (κ1) is 16.2. The number of aromatic nitrogens is 2. The van der Waals surface area contributed by atoms with Crippen molar-refractivity contribution in [2.24, 2.45) is 5.92 Å². The highest BCUT2D eigenvalue weighted by atomic mass is 79.9. The SMILES string of the molecule is CCNc1nc(CC(F)(F)F)nc(CC(C)C)c1Br. The standard InChI is InChI=1S/C12H17BrF3N3/c1-4-17-11-10(13)8(5-7(2)3)18-9(19-11)6-12(14,15)16/h7H,4-6H2,1-3H3,(H,17,18,19). The largest absolute Gasteiger partial charge is 0.396 e. The molecule has 1 aromatic rings. The van der Waals surface area contributed by atoms with E-state index in [9.17, 15) is 13.2 Å². The number of rotatable bonds is 5. The molecule has 0 aliphatic heterocycles. The molecule has 0 fully saturated rings. The molecule has 1 aromatic heterocycles. The van der Waals surface area contributed by atoms with Gasteiger partial charge in [0.15, 0.2) is 0 Å². The molecule has 0 unspecified atom stereocenters. The van der Waals surface area contributed by atoms with E-state index in [1.807, 2.05) is 20.8 Å². The Bertz CT molecular complexity index is 433. The summed E-state index contributed by atoms with van der Waals surface area (Å²) in [6.07, 6.45) is -4.80. The van der Waals surface area contributed by atoms with Gasteiger partial charge in [0.1, 0.15) is 18.1 Å². The lowest BCUT2D eigenvalue weighted by Gasteiger charge is -2.14. The minimum Gasteiger partial charge on any atom is -0.369 e. The molecule has 3 nitrogen and oxygen atoms in total. The van der Waals surface area contributed by atoms with E-state index in [1.54, 1.807) is 0 Å². The Morgan fingerprint density at radius 3 is 2.37 bits per heavy atom. The maximum Gasteiger partial charge on any atom is 0.396 e. The van der Waals surface area contributed by atoms with Gasteiger partial charge in [-0.15, -0.1) is 0 Å². The van der Waals surface area contributed by atoms with Gasteiger partial charge in [0.2, 0.25) is 0 Å². The molecule has 0 bridgehead atoms. The molecule has 0 aliphatic carbocycles. The van der Waals surface area contributed by atoms with Crippen molar-refractivity contribution in [1.29, 1.82) is 0 Å². The average Bonchev–Trinajstić information content (AvgIpc) is 2.22. The smallest absolute Gasteiger partial charge is 0.369 e. The molecule has 7 heteroatoms. The summed E-state index contributed by atoms with van der Waals surface area (Å²) < 4.78 is 38.0. The van der Waals surface area contributed by atoms with Crippen LogP contribution in [0.5, 0.6) is 0 Å². The molecule has 0 aliphatic rings. The number of alkyl halides is 3. The highest BCUT2D eigenvalue weighted by Crippen LogP contribution is 2.28. The third-order valence-corrected chi connectivity index (χ3v) is 3.10. The van der Waals surface area contributed by atoms with Gasteiger partial charge < -0.3 is 5.32 Å². The number of hydrogen-bond donors (Lipinski definition) is 1. The van der Waals surface area contributed by atoms with E-state index in [0.717, 1.165) is 0 Å². The van der Waals surface area contributed by atoms with Crippen LogP contribution < -0.4 is 5.32 Å². The van der Waals surface area contributed by atoms with Gasteiger partial charge >= 0.3 is 6.18 Å². The molecule has 0 amide bonds. The molecule has 1 heterocycles. The molecule has 108 valence electrons. The summed E-state index contributed by atoms with van der Waals surface area (Å²) in [5, 5.41) is 2.95. The molecule has 0 radical (unpaired) electrons. The van der Waals surface area contributed by atoms with Crippen LogP contribution in [0.4, 0.5) is 19.0 Å². The molecule has 19 heavy (non-hydrogen) atoms. The Hall–Kier alpha value is -0.850. The second kappa shape index (κ2) is 6.54. The van der Waals surface area contributed by atoms with E-state index in [4.69, 9.17) is 0 Å². The minimum absolute atomic E-state index is 0.192. The Kier molecular flexibility index (Phi) is 5.58. The van der Waals surface area contributed by atoms with Crippen molar-refractivity contribution in [1.82, 2.24) is 9.97 Å². The zero-order chi connectivity index (χ0) is 14.6. The van der Waals surface area contributed by atoms with Crippen molar-refractivity contribution in [2.45, 2.75) is 39.8 Å². The van der Waals surface area contributed by atoms with E-state index in [1.165, 1.54) is 0 Å². The zero-order valence-corrected chi connectivity index (χ0v) is 12.7. The fraction of sp³-hybridized carbons (Fsp3) is 0.667. The van der Waals surface area contributed by atoms with Crippen molar-refractivity contribution in [3.63, 3.8) is 0 Å². The third kappa shape index (κ3) is 5.34. The molecular formula is C12H17BrF3N3. The predicted octanol–water partition coefficient (Wildman–Crippen LogP) is 3.97. The number of anilines is 1. The maximum absolute atomic E-state index is 12.4. The second-order valence-electron chi connectivity index (χ2n) is 4.67. The Labute approximate surface area is 119 Å². The van der Waals surface area contributed by atoms with Crippen molar-refractivity contribution in [2.75, 3.05) is 11.9 Å². The number of nitrogens with one attached hydrogen (secondary N) is 1. The summed E-state index contributed by atoms with van der Waals surface area (Å²) in [6, 6.07) is 0. The van der Waals surface area contributed by atoms with Crippen LogP contribution in [0.15, 0.2) is 4.47 Å². The van der Waals surface area contributed by atoms with Crippen LogP contribution in [0.25, 0.3) is 0 Å². The first-order chi connectivity index (χ1) is 8.73. The quantitative estimate of drug-likeness (QED) is 0.881. The van der Waals surface area contributed by atoms with Crippen LogP contribution in [-0.4, -0.2) is 22.7 Å². The summed E-state index contributed by atoms with van der Waals surface area (Å²) in [5.41, 5.74) is 0.611. The van der Waals surface area contributed by atoms with Gasteiger partial charge in [-0.1, -0.05) is 13.8 Å². The fourth-order valence-electron chi connectivity index (χ4n) is 1.61. The molecule has 0 saturated heterocycles. The normalized spacial score (nSPS) is 12.0. The Morgan fingerprint density at radius 2 is 1.89 bits per heavy atom. The van der Waals surface area contributed by atoms with Crippen LogP contribution in [0.2, 0.25) is 0 Å². The van der Waals surface area contributed by atoms with E-state index < -0.39 is 12.6 Å². The van der Waals surface area contributed by atoms with Crippen molar-refractivity contribution >= 4 is 21.7 Å². The summed E-state index contributed by atoms with van der Waals surface area (Å²) in [4.78, 5) is 7.95. The molecule has 0 saturated carbocycles. The maximum atomic E-state index is 12.4. The summed E-state index contributed by atoms with van der Waals surface area (Å²) in [7, 11) is 0. The monoisotopic (exact) mass is 339 g/mol. The van der Waals surface area contributed by atoms with E-state index in [0.29, 0.717) is 34.9 Å². The van der Waals surface area contributed by atoms with Gasteiger partial charge in [-0.25, -0.2) is 9.97 Å². The Balaban J connectivity index is 3.14. The average molecular weight is 340 g/mol. The summed E-state index contributed by atoms with van der Waals surface area (Å²) in [5.74, 6) is 0.536. The van der Waals surface area contributed by atoms with Crippen LogP contribution in [0, 0.1) is 5.92 Å². The molecule has 0 aromatic carbocycles. The molecular weight excluding hydrogens is 323 g/mol. The van der Waals surface area contributed by atoms with Gasteiger partial charge in [-0.3, -0.25) is 0 Å². The Morgan fingerprint density at radius 1 is 1.26 bits per heavy atom.